The number of nitrogens with one attached hydrogen (secondary N) is 1. The van der Waals surface area contributed by atoms with E-state index in [0.29, 0.717) is 22.5 Å². The third-order valence-corrected chi connectivity index (χ3v) is 3.68. The number of carbonyl (C=O) groups excluding carboxylic acids is 1. The van der Waals surface area contributed by atoms with Crippen molar-refractivity contribution in [2.45, 2.75) is 6.92 Å². The fourth-order valence-electron chi connectivity index (χ4n) is 2.46. The Bertz CT molecular complexity index is 898. The molecule has 0 bridgehead atoms. The highest BCUT2D eigenvalue weighted by Crippen LogP contribution is 2.31. The number of carbonyl (C=O) groups is 1. The molecule has 7 nitrogen and oxygen atoms in total. The number of rotatable bonds is 4. The second-order valence-corrected chi connectivity index (χ2v) is 5.21. The quantitative estimate of drug-likeness (QED) is 0.508. The Balaban J connectivity index is 1.83. The summed E-state index contributed by atoms with van der Waals surface area (Å²) in [5, 5.41) is 25.0. The van der Waals surface area contributed by atoms with Crippen LogP contribution in [0.5, 0.6) is 0 Å². The summed E-state index contributed by atoms with van der Waals surface area (Å²) in [5.74, 6) is -0.378. The fourth-order valence-corrected chi connectivity index (χ4v) is 2.46. The lowest BCUT2D eigenvalue weighted by Crippen LogP contribution is -2.09. The van der Waals surface area contributed by atoms with Crippen LogP contribution in [0.15, 0.2) is 59.2 Å². The second-order valence-electron chi connectivity index (χ2n) is 5.21. The molecule has 0 saturated carbocycles. The zero-order chi connectivity index (χ0) is 17.3. The van der Waals surface area contributed by atoms with Crippen molar-refractivity contribution in [1.82, 2.24) is 0 Å². The Hall–Kier alpha value is -3.48. The van der Waals surface area contributed by atoms with Crippen LogP contribution in [0.3, 0.4) is 0 Å². The first-order valence-electron chi connectivity index (χ1n) is 7.11. The molecule has 3 rings (SSSR count). The average Bonchev–Trinajstić information content (AvgIpc) is 2.85. The first-order chi connectivity index (χ1) is 11.5. The minimum Gasteiger partial charge on any atom is -0.506 e. The van der Waals surface area contributed by atoms with Crippen molar-refractivity contribution in [2.75, 3.05) is 5.43 Å². The highest BCUT2D eigenvalue weighted by atomic mass is 16.6. The second kappa shape index (κ2) is 5.96. The van der Waals surface area contributed by atoms with E-state index in [9.17, 15) is 20.0 Å². The van der Waals surface area contributed by atoms with E-state index in [4.69, 9.17) is 0 Å². The Morgan fingerprint density at radius 1 is 1.12 bits per heavy atom. The molecular weight excluding hydrogens is 310 g/mol. The van der Waals surface area contributed by atoms with Gasteiger partial charge in [0.15, 0.2) is 5.78 Å². The number of anilines is 1. The number of fused-ring (bicyclic) bond motifs is 1. The van der Waals surface area contributed by atoms with Gasteiger partial charge in [-0.05, 0) is 19.1 Å². The van der Waals surface area contributed by atoms with Gasteiger partial charge in [0.25, 0.3) is 5.69 Å². The Morgan fingerprint density at radius 3 is 2.33 bits per heavy atom. The normalized spacial score (nSPS) is 13.9. The summed E-state index contributed by atoms with van der Waals surface area (Å²) in [4.78, 5) is 22.5. The van der Waals surface area contributed by atoms with Gasteiger partial charge in [0, 0.05) is 23.3 Å². The molecule has 7 heteroatoms. The van der Waals surface area contributed by atoms with E-state index < -0.39 is 4.92 Å². The molecule has 0 spiro atoms. The first kappa shape index (κ1) is 15.4. The van der Waals surface area contributed by atoms with Crippen LogP contribution in [0.1, 0.15) is 22.8 Å². The molecule has 0 aromatic heterocycles. The molecule has 24 heavy (non-hydrogen) atoms. The molecule has 120 valence electrons. The van der Waals surface area contributed by atoms with Crippen LogP contribution in [0.4, 0.5) is 11.4 Å². The number of Topliss-reactive ketones (excluding diaryl/α,β-unsaturated/α-hetero) is 1. The van der Waals surface area contributed by atoms with Crippen molar-refractivity contribution < 1.29 is 14.8 Å². The Labute approximate surface area is 137 Å². The standard InChI is InChI=1S/C17H13N3O4/c1-10(18-19-11-6-8-12(9-7-11)20(23)24)15-16(21)13-4-2-3-5-14(13)17(15)22/h2-9,19,21H,1H3. The first-order valence-corrected chi connectivity index (χ1v) is 7.11. The zero-order valence-corrected chi connectivity index (χ0v) is 12.7. The minimum atomic E-state index is -0.491. The zero-order valence-electron chi connectivity index (χ0n) is 12.7. The summed E-state index contributed by atoms with van der Waals surface area (Å²) in [6.07, 6.45) is 0. The average molecular weight is 323 g/mol. The lowest BCUT2D eigenvalue weighted by atomic mass is 10.1. The van der Waals surface area contributed by atoms with E-state index in [1.54, 1.807) is 31.2 Å². The number of nitrogens with zero attached hydrogens (tertiary/aromatic N) is 2. The van der Waals surface area contributed by atoms with Gasteiger partial charge in [-0.3, -0.25) is 20.3 Å². The SMILES string of the molecule is CC(=NNc1ccc([N+](=O)[O-])cc1)C1=C(O)c2ccccc2C1=O. The van der Waals surface area contributed by atoms with Crippen LogP contribution >= 0.6 is 0 Å². The van der Waals surface area contributed by atoms with Crippen LogP contribution < -0.4 is 5.43 Å². The van der Waals surface area contributed by atoms with Crippen molar-refractivity contribution in [3.63, 3.8) is 0 Å². The molecule has 2 aromatic carbocycles. The number of hydrogen-bond acceptors (Lipinski definition) is 6. The summed E-state index contributed by atoms with van der Waals surface area (Å²) >= 11 is 0. The fraction of sp³-hybridized carbons (Fsp3) is 0.0588. The maximum absolute atomic E-state index is 12.4. The number of aliphatic hydroxyl groups is 1. The lowest BCUT2D eigenvalue weighted by Gasteiger charge is -2.04. The Kier molecular flexibility index (Phi) is 3.83. The molecule has 0 aliphatic heterocycles. The lowest BCUT2D eigenvalue weighted by molar-refractivity contribution is -0.384. The maximum Gasteiger partial charge on any atom is 0.269 e. The number of nitro benzene ring substituents is 1. The van der Waals surface area contributed by atoms with Gasteiger partial charge in [-0.15, -0.1) is 0 Å². The number of hydrogen-bond donors (Lipinski definition) is 2. The summed E-state index contributed by atoms with van der Waals surface area (Å²) in [7, 11) is 0. The third kappa shape index (κ3) is 2.63. The van der Waals surface area contributed by atoms with Crippen LogP contribution in [0.2, 0.25) is 0 Å². The monoisotopic (exact) mass is 323 g/mol. The summed E-state index contributed by atoms with van der Waals surface area (Å²) in [6, 6.07) is 12.5. The topological polar surface area (TPSA) is 105 Å². The maximum atomic E-state index is 12.4. The molecule has 0 atom stereocenters. The van der Waals surface area contributed by atoms with Crippen LogP contribution in [-0.4, -0.2) is 21.5 Å². The van der Waals surface area contributed by atoms with E-state index in [1.807, 2.05) is 0 Å². The number of aliphatic hydroxyl groups excluding tert-OH is 1. The van der Waals surface area contributed by atoms with Crippen molar-refractivity contribution in [1.29, 1.82) is 0 Å². The largest absolute Gasteiger partial charge is 0.506 e. The molecule has 0 amide bonds. The summed E-state index contributed by atoms with van der Waals surface area (Å²) in [5.41, 5.74) is 4.63. The number of nitro groups is 1. The van der Waals surface area contributed by atoms with E-state index >= 15 is 0 Å². The van der Waals surface area contributed by atoms with Gasteiger partial charge in [0.1, 0.15) is 5.76 Å². The molecular formula is C17H13N3O4. The molecule has 2 aromatic rings. The van der Waals surface area contributed by atoms with Crippen molar-refractivity contribution in [2.24, 2.45) is 5.10 Å². The smallest absolute Gasteiger partial charge is 0.269 e. The number of hydrazone groups is 1. The molecule has 1 aliphatic rings. The van der Waals surface area contributed by atoms with Crippen molar-refractivity contribution in [3.05, 3.63) is 75.3 Å². The molecule has 0 radical (unpaired) electrons. The van der Waals surface area contributed by atoms with Gasteiger partial charge < -0.3 is 5.11 Å². The van der Waals surface area contributed by atoms with Crippen LogP contribution in [-0.2, 0) is 0 Å². The third-order valence-electron chi connectivity index (χ3n) is 3.68. The van der Waals surface area contributed by atoms with Crippen LogP contribution in [0, 0.1) is 10.1 Å². The van der Waals surface area contributed by atoms with Crippen molar-refractivity contribution >= 4 is 28.6 Å². The highest BCUT2D eigenvalue weighted by molar-refractivity contribution is 6.35. The number of allylic oxidation sites excluding steroid dienone is 1. The van der Waals surface area contributed by atoms with E-state index in [-0.39, 0.29) is 22.8 Å². The van der Waals surface area contributed by atoms with Gasteiger partial charge in [0.2, 0.25) is 0 Å². The highest BCUT2D eigenvalue weighted by Gasteiger charge is 2.30. The minimum absolute atomic E-state index is 0.0250. The van der Waals surface area contributed by atoms with Gasteiger partial charge in [-0.1, -0.05) is 24.3 Å². The van der Waals surface area contributed by atoms with Gasteiger partial charge in [-0.25, -0.2) is 0 Å². The predicted octanol–water partition coefficient (Wildman–Crippen LogP) is 3.55. The molecule has 1 aliphatic carbocycles. The van der Waals surface area contributed by atoms with Gasteiger partial charge in [0.05, 0.1) is 21.9 Å². The van der Waals surface area contributed by atoms with E-state index in [0.717, 1.165) is 0 Å². The van der Waals surface area contributed by atoms with Gasteiger partial charge >= 0.3 is 0 Å². The molecule has 2 N–H and O–H groups in total. The number of ketones is 1. The predicted molar refractivity (Wildman–Crippen MR) is 90.1 cm³/mol. The van der Waals surface area contributed by atoms with E-state index in [1.165, 1.54) is 24.3 Å². The summed E-state index contributed by atoms with van der Waals surface area (Å²) in [6.45, 7) is 1.60. The van der Waals surface area contributed by atoms with Crippen LogP contribution in [0.25, 0.3) is 5.76 Å². The van der Waals surface area contributed by atoms with Crippen molar-refractivity contribution in [3.8, 4) is 0 Å². The molecule has 0 heterocycles. The molecule has 0 saturated heterocycles. The Morgan fingerprint density at radius 2 is 1.75 bits per heavy atom. The van der Waals surface area contributed by atoms with Gasteiger partial charge in [-0.2, -0.15) is 5.10 Å². The summed E-state index contributed by atoms with van der Waals surface area (Å²) < 4.78 is 0. The molecule has 0 fully saturated rings. The molecule has 0 unspecified atom stereocenters. The number of non-ortho nitro benzene ring substituents is 1. The van der Waals surface area contributed by atoms with E-state index in [2.05, 4.69) is 10.5 Å². The number of benzene rings is 2.